The van der Waals surface area contributed by atoms with Crippen LogP contribution < -0.4 is 0 Å². The van der Waals surface area contributed by atoms with Crippen molar-refractivity contribution in [3.8, 4) is 0 Å². The molecule has 0 aliphatic heterocycles. The molecule has 88 valence electrons. The molecule has 0 N–H and O–H groups in total. The van der Waals surface area contributed by atoms with Gasteiger partial charge in [-0.3, -0.25) is 4.79 Å². The van der Waals surface area contributed by atoms with E-state index in [-0.39, 0.29) is 17.1 Å². The summed E-state index contributed by atoms with van der Waals surface area (Å²) in [5.74, 6) is 0.501. The van der Waals surface area contributed by atoms with E-state index in [4.69, 9.17) is 0 Å². The first-order chi connectivity index (χ1) is 7.50. The van der Waals surface area contributed by atoms with Gasteiger partial charge < -0.3 is 0 Å². The third kappa shape index (κ3) is 2.17. The van der Waals surface area contributed by atoms with Crippen molar-refractivity contribution in [1.82, 2.24) is 9.59 Å². The zero-order valence-electron chi connectivity index (χ0n) is 10.1. The third-order valence-electron chi connectivity index (χ3n) is 3.15. The van der Waals surface area contributed by atoms with Crippen molar-refractivity contribution >= 4 is 17.3 Å². The lowest BCUT2D eigenvalue weighted by atomic mass is 9.88. The molecule has 4 heteroatoms. The Labute approximate surface area is 100 Å². The molecule has 0 saturated heterocycles. The Morgan fingerprint density at radius 2 is 1.94 bits per heavy atom. The van der Waals surface area contributed by atoms with Gasteiger partial charge in [0.05, 0.1) is 5.69 Å². The number of nitrogens with zero attached hydrogens (tertiary/aromatic N) is 2. The fourth-order valence-corrected chi connectivity index (χ4v) is 3.11. The summed E-state index contributed by atoms with van der Waals surface area (Å²) in [6, 6.07) is 0. The van der Waals surface area contributed by atoms with Gasteiger partial charge in [-0.15, -0.1) is 5.10 Å². The maximum Gasteiger partial charge on any atom is 0.179 e. The Morgan fingerprint density at radius 1 is 1.31 bits per heavy atom. The van der Waals surface area contributed by atoms with Gasteiger partial charge in [-0.2, -0.15) is 0 Å². The number of ketones is 1. The molecule has 3 nitrogen and oxygen atoms in total. The first-order valence-electron chi connectivity index (χ1n) is 5.87. The topological polar surface area (TPSA) is 42.9 Å². The van der Waals surface area contributed by atoms with E-state index in [1.807, 2.05) is 0 Å². The summed E-state index contributed by atoms with van der Waals surface area (Å²) in [6.45, 7) is 6.24. The highest BCUT2D eigenvalue weighted by molar-refractivity contribution is 7.08. The fraction of sp³-hybridized carbons (Fsp3) is 0.750. The molecule has 0 radical (unpaired) electrons. The van der Waals surface area contributed by atoms with E-state index in [0.29, 0.717) is 0 Å². The van der Waals surface area contributed by atoms with Crippen LogP contribution >= 0.6 is 11.5 Å². The summed E-state index contributed by atoms with van der Waals surface area (Å²) in [7, 11) is 0. The number of carbonyl (C=O) groups excluding carboxylic acids is 1. The monoisotopic (exact) mass is 238 g/mol. The maximum absolute atomic E-state index is 12.3. The van der Waals surface area contributed by atoms with Gasteiger partial charge in [-0.05, 0) is 24.4 Å². The lowest BCUT2D eigenvalue weighted by molar-refractivity contribution is 0.0924. The van der Waals surface area contributed by atoms with Crippen molar-refractivity contribution in [3.63, 3.8) is 0 Å². The van der Waals surface area contributed by atoms with Gasteiger partial charge in [0, 0.05) is 11.3 Å². The van der Waals surface area contributed by atoms with Crippen molar-refractivity contribution in [3.05, 3.63) is 10.6 Å². The molecule has 0 spiro atoms. The normalized spacial score (nSPS) is 17.9. The molecule has 1 saturated carbocycles. The predicted octanol–water partition coefficient (Wildman–Crippen LogP) is 3.21. The highest BCUT2D eigenvalue weighted by atomic mass is 32.1. The minimum Gasteiger partial charge on any atom is -0.293 e. The second-order valence-corrected chi connectivity index (χ2v) is 6.30. The number of hydrogen-bond acceptors (Lipinski definition) is 4. The molecular weight excluding hydrogens is 220 g/mol. The van der Waals surface area contributed by atoms with E-state index in [0.717, 1.165) is 23.4 Å². The molecule has 1 heterocycles. The first-order valence-corrected chi connectivity index (χ1v) is 6.64. The van der Waals surface area contributed by atoms with E-state index in [2.05, 4.69) is 30.4 Å². The van der Waals surface area contributed by atoms with Crippen molar-refractivity contribution in [2.75, 3.05) is 0 Å². The summed E-state index contributed by atoms with van der Waals surface area (Å²) in [5, 5.41) is 4.13. The van der Waals surface area contributed by atoms with Crippen LogP contribution in [0.15, 0.2) is 0 Å². The SMILES string of the molecule is CC(C)(C)c1nnsc1C(=O)C1CCCC1. The number of rotatable bonds is 2. The zero-order valence-corrected chi connectivity index (χ0v) is 10.9. The predicted molar refractivity (Wildman–Crippen MR) is 64.9 cm³/mol. The molecule has 1 aliphatic carbocycles. The first kappa shape index (κ1) is 11.7. The van der Waals surface area contributed by atoms with E-state index in [9.17, 15) is 4.79 Å². The summed E-state index contributed by atoms with van der Waals surface area (Å²) in [6.07, 6.45) is 4.46. The minimum absolute atomic E-state index is 0.0867. The third-order valence-corrected chi connectivity index (χ3v) is 3.89. The van der Waals surface area contributed by atoms with Crippen molar-refractivity contribution in [2.45, 2.75) is 51.9 Å². The summed E-state index contributed by atoms with van der Waals surface area (Å²) < 4.78 is 3.95. The van der Waals surface area contributed by atoms with Crippen molar-refractivity contribution in [2.24, 2.45) is 5.92 Å². The van der Waals surface area contributed by atoms with E-state index in [1.54, 1.807) is 0 Å². The van der Waals surface area contributed by atoms with Gasteiger partial charge in [-0.25, -0.2) is 0 Å². The van der Waals surface area contributed by atoms with Crippen LogP contribution in [0.5, 0.6) is 0 Å². The van der Waals surface area contributed by atoms with Gasteiger partial charge in [0.1, 0.15) is 4.88 Å². The van der Waals surface area contributed by atoms with Crippen molar-refractivity contribution < 1.29 is 4.79 Å². The molecule has 0 unspecified atom stereocenters. The van der Waals surface area contributed by atoms with Gasteiger partial charge in [0.2, 0.25) is 0 Å². The van der Waals surface area contributed by atoms with Gasteiger partial charge in [0.25, 0.3) is 0 Å². The minimum atomic E-state index is -0.0867. The van der Waals surface area contributed by atoms with Crippen molar-refractivity contribution in [1.29, 1.82) is 0 Å². The van der Waals surface area contributed by atoms with Crippen LogP contribution in [0, 0.1) is 5.92 Å². The number of carbonyl (C=O) groups is 1. The highest BCUT2D eigenvalue weighted by Gasteiger charge is 2.31. The average molecular weight is 238 g/mol. The standard InChI is InChI=1S/C12H18N2OS/c1-12(2,3)11-10(16-14-13-11)9(15)8-6-4-5-7-8/h8H,4-7H2,1-3H3. The van der Waals surface area contributed by atoms with Gasteiger partial charge in [0.15, 0.2) is 5.78 Å². The Bertz CT molecular complexity index is 386. The van der Waals surface area contributed by atoms with E-state index in [1.165, 1.54) is 24.4 Å². The Kier molecular flexibility index (Phi) is 3.10. The Hall–Kier alpha value is -0.770. The molecule has 1 aliphatic rings. The average Bonchev–Trinajstić information content (AvgIpc) is 2.87. The van der Waals surface area contributed by atoms with Crippen LogP contribution in [0.4, 0.5) is 0 Å². The lowest BCUT2D eigenvalue weighted by Crippen LogP contribution is -2.19. The molecule has 1 fully saturated rings. The molecule has 1 aromatic heterocycles. The number of Topliss-reactive ketones (excluding diaryl/α,β-unsaturated/α-hetero) is 1. The second-order valence-electron chi connectivity index (χ2n) is 5.55. The molecule has 16 heavy (non-hydrogen) atoms. The largest absolute Gasteiger partial charge is 0.293 e. The van der Waals surface area contributed by atoms with Crippen LogP contribution in [0.25, 0.3) is 0 Å². The summed E-state index contributed by atoms with van der Waals surface area (Å²) in [5.41, 5.74) is 0.783. The number of hydrogen-bond donors (Lipinski definition) is 0. The lowest BCUT2D eigenvalue weighted by Gasteiger charge is -2.17. The maximum atomic E-state index is 12.3. The van der Waals surface area contributed by atoms with Crippen LogP contribution in [-0.4, -0.2) is 15.4 Å². The summed E-state index contributed by atoms with van der Waals surface area (Å²) in [4.78, 5) is 13.1. The fourth-order valence-electron chi connectivity index (χ4n) is 2.22. The molecule has 0 bridgehead atoms. The second kappa shape index (κ2) is 4.24. The molecule has 0 aromatic carbocycles. The Balaban J connectivity index is 2.26. The van der Waals surface area contributed by atoms with E-state index >= 15 is 0 Å². The van der Waals surface area contributed by atoms with Crippen LogP contribution in [-0.2, 0) is 5.41 Å². The van der Waals surface area contributed by atoms with Gasteiger partial charge >= 0.3 is 0 Å². The van der Waals surface area contributed by atoms with E-state index < -0.39 is 0 Å². The van der Waals surface area contributed by atoms with Crippen LogP contribution in [0.1, 0.15) is 61.8 Å². The molecule has 1 aromatic rings. The highest BCUT2D eigenvalue weighted by Crippen LogP contribution is 2.33. The zero-order chi connectivity index (χ0) is 11.8. The van der Waals surface area contributed by atoms with Crippen LogP contribution in [0.3, 0.4) is 0 Å². The molecular formula is C12H18N2OS. The molecule has 0 atom stereocenters. The Morgan fingerprint density at radius 3 is 2.50 bits per heavy atom. The summed E-state index contributed by atoms with van der Waals surface area (Å²) >= 11 is 1.26. The molecule has 0 amide bonds. The van der Waals surface area contributed by atoms with Crippen LogP contribution in [0.2, 0.25) is 0 Å². The smallest absolute Gasteiger partial charge is 0.179 e. The molecule has 2 rings (SSSR count). The van der Waals surface area contributed by atoms with Gasteiger partial charge in [-0.1, -0.05) is 38.1 Å². The number of aromatic nitrogens is 2. The quantitative estimate of drug-likeness (QED) is 0.743.